The van der Waals surface area contributed by atoms with E-state index in [0.29, 0.717) is 12.2 Å². The number of hydrogen-bond donors (Lipinski definition) is 1. The summed E-state index contributed by atoms with van der Waals surface area (Å²) in [7, 11) is 0. The first-order valence-electron chi connectivity index (χ1n) is 6.01. The highest BCUT2D eigenvalue weighted by Crippen LogP contribution is 2.28. The Labute approximate surface area is 115 Å². The van der Waals surface area contributed by atoms with Crippen LogP contribution in [0.2, 0.25) is 0 Å². The van der Waals surface area contributed by atoms with Crippen molar-refractivity contribution in [3.8, 4) is 6.07 Å². The molecule has 1 heterocycles. The van der Waals surface area contributed by atoms with Crippen molar-refractivity contribution in [3.63, 3.8) is 0 Å². The average molecular weight is 271 g/mol. The summed E-state index contributed by atoms with van der Waals surface area (Å²) in [4.78, 5) is 14.5. The van der Waals surface area contributed by atoms with Gasteiger partial charge < -0.3 is 9.88 Å². The number of nitrogens with zero attached hydrogens (tertiary/aromatic N) is 4. The minimum absolute atomic E-state index is 0.0446. The number of aromatic nitrogens is 2. The zero-order chi connectivity index (χ0) is 14.5. The number of imidazole rings is 1. The number of benzene rings is 1. The van der Waals surface area contributed by atoms with Gasteiger partial charge in [-0.15, -0.1) is 0 Å². The first kappa shape index (κ1) is 13.5. The molecule has 0 saturated heterocycles. The van der Waals surface area contributed by atoms with Gasteiger partial charge in [0.05, 0.1) is 11.3 Å². The molecule has 7 nitrogen and oxygen atoms in total. The van der Waals surface area contributed by atoms with Crippen molar-refractivity contribution in [2.24, 2.45) is 0 Å². The van der Waals surface area contributed by atoms with Gasteiger partial charge in [0.2, 0.25) is 0 Å². The average Bonchev–Trinajstić information content (AvgIpc) is 2.90. The molecule has 1 atom stereocenters. The first-order chi connectivity index (χ1) is 9.61. The van der Waals surface area contributed by atoms with Gasteiger partial charge in [-0.1, -0.05) is 6.07 Å². The molecular weight excluding hydrogens is 258 g/mol. The monoisotopic (exact) mass is 271 g/mol. The SMILES string of the molecule is CC(Cn1ccnc1)Nc1cccc(C#N)c1[N+](=O)[O-]. The summed E-state index contributed by atoms with van der Waals surface area (Å²) < 4.78 is 1.87. The molecule has 1 unspecified atom stereocenters. The zero-order valence-electron chi connectivity index (χ0n) is 10.9. The Hall–Kier alpha value is -2.88. The Kier molecular flexibility index (Phi) is 3.96. The largest absolute Gasteiger partial charge is 0.375 e. The molecule has 0 radical (unpaired) electrons. The van der Waals surface area contributed by atoms with E-state index < -0.39 is 4.92 Å². The van der Waals surface area contributed by atoms with Gasteiger partial charge in [-0.2, -0.15) is 5.26 Å². The lowest BCUT2D eigenvalue weighted by atomic mass is 10.1. The normalized spacial score (nSPS) is 11.6. The molecule has 2 rings (SSSR count). The third-order valence-electron chi connectivity index (χ3n) is 2.78. The highest BCUT2D eigenvalue weighted by Gasteiger charge is 2.20. The maximum absolute atomic E-state index is 11.1. The fraction of sp³-hybridized carbons (Fsp3) is 0.231. The molecule has 0 spiro atoms. The van der Waals surface area contributed by atoms with E-state index in [1.807, 2.05) is 23.8 Å². The van der Waals surface area contributed by atoms with Crippen LogP contribution in [0.25, 0.3) is 0 Å². The Morgan fingerprint density at radius 2 is 2.40 bits per heavy atom. The van der Waals surface area contributed by atoms with Crippen LogP contribution in [0.5, 0.6) is 0 Å². The van der Waals surface area contributed by atoms with E-state index in [-0.39, 0.29) is 17.3 Å². The number of nitriles is 1. The Bertz CT molecular complexity index is 645. The van der Waals surface area contributed by atoms with E-state index in [1.54, 1.807) is 24.7 Å². The minimum atomic E-state index is -0.537. The van der Waals surface area contributed by atoms with E-state index in [9.17, 15) is 10.1 Å². The number of nitro benzene ring substituents is 1. The molecule has 20 heavy (non-hydrogen) atoms. The van der Waals surface area contributed by atoms with Gasteiger partial charge in [-0.3, -0.25) is 10.1 Å². The van der Waals surface area contributed by atoms with E-state index in [0.717, 1.165) is 0 Å². The van der Waals surface area contributed by atoms with Crippen LogP contribution in [-0.4, -0.2) is 20.5 Å². The van der Waals surface area contributed by atoms with Crippen LogP contribution >= 0.6 is 0 Å². The second kappa shape index (κ2) is 5.84. The molecule has 7 heteroatoms. The lowest BCUT2D eigenvalue weighted by Crippen LogP contribution is -2.22. The van der Waals surface area contributed by atoms with Crippen molar-refractivity contribution >= 4 is 11.4 Å². The number of hydrogen-bond acceptors (Lipinski definition) is 5. The summed E-state index contributed by atoms with van der Waals surface area (Å²) in [5.74, 6) is 0. The lowest BCUT2D eigenvalue weighted by molar-refractivity contribution is -0.384. The quantitative estimate of drug-likeness (QED) is 0.664. The third-order valence-corrected chi connectivity index (χ3v) is 2.78. The molecule has 0 aliphatic heterocycles. The summed E-state index contributed by atoms with van der Waals surface area (Å²) in [5, 5.41) is 23.1. The topological polar surface area (TPSA) is 96.8 Å². The van der Waals surface area contributed by atoms with E-state index in [2.05, 4.69) is 10.3 Å². The van der Waals surface area contributed by atoms with Crippen molar-refractivity contribution in [1.29, 1.82) is 5.26 Å². The van der Waals surface area contributed by atoms with E-state index in [4.69, 9.17) is 5.26 Å². The first-order valence-corrected chi connectivity index (χ1v) is 6.01. The molecule has 0 aliphatic rings. The van der Waals surface area contributed by atoms with E-state index in [1.165, 1.54) is 6.07 Å². The van der Waals surface area contributed by atoms with Crippen molar-refractivity contribution in [2.75, 3.05) is 5.32 Å². The van der Waals surface area contributed by atoms with Gasteiger partial charge in [-0.25, -0.2) is 4.98 Å². The molecule has 0 saturated carbocycles. The van der Waals surface area contributed by atoms with Gasteiger partial charge in [0.1, 0.15) is 17.3 Å². The van der Waals surface area contributed by atoms with Gasteiger partial charge in [0.15, 0.2) is 0 Å². The standard InChI is InChI=1S/C13H13N5O2/c1-10(8-17-6-5-15-9-17)16-12-4-2-3-11(7-14)13(12)18(19)20/h2-6,9-10,16H,8H2,1H3. The summed E-state index contributed by atoms with van der Waals surface area (Å²) in [6.45, 7) is 2.52. The summed E-state index contributed by atoms with van der Waals surface area (Å²) in [5.41, 5.74) is 0.212. The van der Waals surface area contributed by atoms with Crippen LogP contribution in [0.15, 0.2) is 36.9 Å². The fourth-order valence-electron chi connectivity index (χ4n) is 1.97. The summed E-state index contributed by atoms with van der Waals surface area (Å²) in [6, 6.07) is 6.45. The van der Waals surface area contributed by atoms with Gasteiger partial charge in [-0.05, 0) is 19.1 Å². The summed E-state index contributed by atoms with van der Waals surface area (Å²) in [6.07, 6.45) is 5.17. The van der Waals surface area contributed by atoms with Crippen LogP contribution in [0.4, 0.5) is 11.4 Å². The predicted octanol–water partition coefficient (Wildman–Crippen LogP) is 2.16. The number of anilines is 1. The molecule has 102 valence electrons. The highest BCUT2D eigenvalue weighted by molar-refractivity contribution is 5.68. The highest BCUT2D eigenvalue weighted by atomic mass is 16.6. The predicted molar refractivity (Wildman–Crippen MR) is 73.1 cm³/mol. The smallest absolute Gasteiger partial charge is 0.309 e. The fourth-order valence-corrected chi connectivity index (χ4v) is 1.97. The lowest BCUT2D eigenvalue weighted by Gasteiger charge is -2.16. The number of para-hydroxylation sites is 1. The zero-order valence-corrected chi connectivity index (χ0v) is 10.9. The van der Waals surface area contributed by atoms with Crippen molar-refractivity contribution in [2.45, 2.75) is 19.5 Å². The maximum Gasteiger partial charge on any atom is 0.309 e. The molecule has 1 aromatic heterocycles. The Morgan fingerprint density at radius 3 is 3.00 bits per heavy atom. The molecule has 1 N–H and O–H groups in total. The van der Waals surface area contributed by atoms with Gasteiger partial charge >= 0.3 is 5.69 Å². The number of rotatable bonds is 5. The van der Waals surface area contributed by atoms with Gasteiger partial charge in [0.25, 0.3) is 0 Å². The molecule has 0 bridgehead atoms. The Balaban J connectivity index is 2.21. The van der Waals surface area contributed by atoms with Crippen LogP contribution in [0.3, 0.4) is 0 Å². The van der Waals surface area contributed by atoms with Crippen LogP contribution in [-0.2, 0) is 6.54 Å². The minimum Gasteiger partial charge on any atom is -0.375 e. The van der Waals surface area contributed by atoms with Gasteiger partial charge in [0, 0.05) is 25.0 Å². The molecular formula is C13H13N5O2. The number of nitrogens with one attached hydrogen (secondary N) is 1. The van der Waals surface area contributed by atoms with Crippen molar-refractivity contribution in [1.82, 2.24) is 9.55 Å². The number of nitro groups is 1. The maximum atomic E-state index is 11.1. The van der Waals surface area contributed by atoms with Crippen LogP contribution < -0.4 is 5.32 Å². The van der Waals surface area contributed by atoms with Crippen LogP contribution in [0.1, 0.15) is 12.5 Å². The van der Waals surface area contributed by atoms with Crippen molar-refractivity contribution < 1.29 is 4.92 Å². The second-order valence-corrected chi connectivity index (χ2v) is 4.38. The van der Waals surface area contributed by atoms with Crippen LogP contribution in [0, 0.1) is 21.4 Å². The Morgan fingerprint density at radius 1 is 1.60 bits per heavy atom. The molecule has 1 aromatic carbocycles. The van der Waals surface area contributed by atoms with Crippen molar-refractivity contribution in [3.05, 3.63) is 52.6 Å². The second-order valence-electron chi connectivity index (χ2n) is 4.38. The third kappa shape index (κ3) is 2.92. The summed E-state index contributed by atoms with van der Waals surface area (Å²) >= 11 is 0. The molecule has 0 fully saturated rings. The molecule has 0 amide bonds. The molecule has 2 aromatic rings. The molecule has 0 aliphatic carbocycles. The van der Waals surface area contributed by atoms with E-state index >= 15 is 0 Å².